The Labute approximate surface area is 70.1 Å². The van der Waals surface area contributed by atoms with Crippen molar-refractivity contribution < 1.29 is 5.11 Å². The highest BCUT2D eigenvalue weighted by Gasteiger charge is 2.24. The largest absolute Gasteiger partial charge is 0.396 e. The lowest BCUT2D eigenvalue weighted by atomic mass is 9.79. The van der Waals surface area contributed by atoms with Crippen molar-refractivity contribution in [2.45, 2.75) is 39.5 Å². The third-order valence-electron chi connectivity index (χ3n) is 2.44. The number of aliphatic hydroxyl groups is 1. The Bertz CT molecular complexity index is 103. The summed E-state index contributed by atoms with van der Waals surface area (Å²) in [6.07, 6.45) is 6.14. The van der Waals surface area contributed by atoms with Crippen molar-refractivity contribution in [2.75, 3.05) is 6.61 Å². The average molecular weight is 156 g/mol. The zero-order valence-corrected chi connectivity index (χ0v) is 7.77. The van der Waals surface area contributed by atoms with Crippen LogP contribution in [-0.2, 0) is 0 Å². The maximum atomic E-state index is 9.19. The van der Waals surface area contributed by atoms with Crippen LogP contribution < -0.4 is 0 Å². The number of allylic oxidation sites excluding steroid dienone is 1. The standard InChI is InChI=1S/C10H20O/c1-4-7-10(6-3,9-11)8-5-2/h4,11H,1,5-9H2,2-3H3/t10-/m0/s1. The summed E-state index contributed by atoms with van der Waals surface area (Å²) in [6, 6.07) is 0. The Morgan fingerprint density at radius 3 is 2.36 bits per heavy atom. The smallest absolute Gasteiger partial charge is 0.0490 e. The minimum Gasteiger partial charge on any atom is -0.396 e. The number of hydrogen-bond donors (Lipinski definition) is 1. The predicted octanol–water partition coefficient (Wildman–Crippen LogP) is 2.75. The molecule has 1 N–H and O–H groups in total. The van der Waals surface area contributed by atoms with Gasteiger partial charge in [-0.2, -0.15) is 0 Å². The molecule has 0 saturated heterocycles. The van der Waals surface area contributed by atoms with E-state index < -0.39 is 0 Å². The Hall–Kier alpha value is -0.300. The first kappa shape index (κ1) is 10.7. The highest BCUT2D eigenvalue weighted by molar-refractivity contribution is 4.84. The molecule has 0 aromatic heterocycles. The summed E-state index contributed by atoms with van der Waals surface area (Å²) in [5, 5.41) is 9.19. The normalized spacial score (nSPS) is 15.9. The Kier molecular flexibility index (Phi) is 5.22. The summed E-state index contributed by atoms with van der Waals surface area (Å²) >= 11 is 0. The molecule has 0 unspecified atom stereocenters. The van der Waals surface area contributed by atoms with E-state index in [0.29, 0.717) is 6.61 Å². The molecule has 1 nitrogen and oxygen atoms in total. The minimum absolute atomic E-state index is 0.122. The van der Waals surface area contributed by atoms with Crippen LogP contribution >= 0.6 is 0 Å². The first-order valence-electron chi connectivity index (χ1n) is 4.46. The highest BCUT2D eigenvalue weighted by atomic mass is 16.3. The van der Waals surface area contributed by atoms with Crippen molar-refractivity contribution in [2.24, 2.45) is 5.41 Å². The van der Waals surface area contributed by atoms with Gasteiger partial charge in [0.1, 0.15) is 0 Å². The lowest BCUT2D eigenvalue weighted by Gasteiger charge is -2.28. The third kappa shape index (κ3) is 3.06. The van der Waals surface area contributed by atoms with Crippen molar-refractivity contribution >= 4 is 0 Å². The molecule has 0 fully saturated rings. The molecular formula is C10H20O. The maximum absolute atomic E-state index is 9.19. The summed E-state index contributed by atoms with van der Waals surface area (Å²) in [7, 11) is 0. The van der Waals surface area contributed by atoms with Crippen LogP contribution in [0.5, 0.6) is 0 Å². The molecule has 0 rings (SSSR count). The summed E-state index contributed by atoms with van der Waals surface area (Å²) in [4.78, 5) is 0. The van der Waals surface area contributed by atoms with Gasteiger partial charge >= 0.3 is 0 Å². The third-order valence-corrected chi connectivity index (χ3v) is 2.44. The molecular weight excluding hydrogens is 136 g/mol. The maximum Gasteiger partial charge on any atom is 0.0490 e. The molecule has 1 atom stereocenters. The SMILES string of the molecule is C=CC[C@](CC)(CO)CCC. The van der Waals surface area contributed by atoms with Gasteiger partial charge in [-0.3, -0.25) is 0 Å². The molecule has 0 bridgehead atoms. The van der Waals surface area contributed by atoms with Gasteiger partial charge in [-0.15, -0.1) is 6.58 Å². The van der Waals surface area contributed by atoms with Crippen LogP contribution in [0.1, 0.15) is 39.5 Å². The van der Waals surface area contributed by atoms with Gasteiger partial charge in [-0.25, -0.2) is 0 Å². The van der Waals surface area contributed by atoms with E-state index in [4.69, 9.17) is 0 Å². The van der Waals surface area contributed by atoms with E-state index in [1.807, 2.05) is 6.08 Å². The molecule has 0 radical (unpaired) electrons. The highest BCUT2D eigenvalue weighted by Crippen LogP contribution is 2.31. The topological polar surface area (TPSA) is 20.2 Å². The van der Waals surface area contributed by atoms with Crippen molar-refractivity contribution in [1.29, 1.82) is 0 Å². The van der Waals surface area contributed by atoms with Gasteiger partial charge in [0.25, 0.3) is 0 Å². The molecule has 0 spiro atoms. The number of aliphatic hydroxyl groups excluding tert-OH is 1. The van der Waals surface area contributed by atoms with Crippen LogP contribution in [0.25, 0.3) is 0 Å². The van der Waals surface area contributed by atoms with Crippen LogP contribution in [0, 0.1) is 5.41 Å². The molecule has 0 aliphatic carbocycles. The summed E-state index contributed by atoms with van der Waals surface area (Å²) in [6.45, 7) is 8.30. The van der Waals surface area contributed by atoms with Gasteiger partial charge in [-0.1, -0.05) is 26.3 Å². The molecule has 66 valence electrons. The van der Waals surface area contributed by atoms with Crippen molar-refractivity contribution in [3.63, 3.8) is 0 Å². The van der Waals surface area contributed by atoms with Gasteiger partial charge in [-0.05, 0) is 24.7 Å². The number of hydrogen-bond acceptors (Lipinski definition) is 1. The molecule has 0 amide bonds. The monoisotopic (exact) mass is 156 g/mol. The molecule has 0 aliphatic rings. The fourth-order valence-electron chi connectivity index (χ4n) is 1.52. The lowest BCUT2D eigenvalue weighted by molar-refractivity contribution is 0.111. The van der Waals surface area contributed by atoms with Gasteiger partial charge in [0.2, 0.25) is 0 Å². The first-order valence-corrected chi connectivity index (χ1v) is 4.46. The quantitative estimate of drug-likeness (QED) is 0.586. The zero-order chi connectivity index (χ0) is 8.74. The fourth-order valence-corrected chi connectivity index (χ4v) is 1.52. The van der Waals surface area contributed by atoms with Crippen LogP contribution in [0.2, 0.25) is 0 Å². The fraction of sp³-hybridized carbons (Fsp3) is 0.800. The van der Waals surface area contributed by atoms with Gasteiger partial charge in [0, 0.05) is 6.61 Å². The Morgan fingerprint density at radius 2 is 2.09 bits per heavy atom. The molecule has 0 aliphatic heterocycles. The van der Waals surface area contributed by atoms with Crippen molar-refractivity contribution in [1.82, 2.24) is 0 Å². The summed E-state index contributed by atoms with van der Waals surface area (Å²) in [5.74, 6) is 0. The second-order valence-corrected chi connectivity index (χ2v) is 3.25. The van der Waals surface area contributed by atoms with Gasteiger partial charge in [0.05, 0.1) is 0 Å². The lowest BCUT2D eigenvalue weighted by Crippen LogP contribution is -2.23. The second-order valence-electron chi connectivity index (χ2n) is 3.25. The average Bonchev–Trinajstić information content (AvgIpc) is 2.04. The first-order chi connectivity index (χ1) is 5.24. The molecule has 0 heterocycles. The molecule has 0 saturated carbocycles. The number of rotatable bonds is 6. The van der Waals surface area contributed by atoms with Crippen LogP contribution in [-0.4, -0.2) is 11.7 Å². The molecule has 11 heavy (non-hydrogen) atoms. The van der Waals surface area contributed by atoms with Crippen molar-refractivity contribution in [3.05, 3.63) is 12.7 Å². The van der Waals surface area contributed by atoms with E-state index >= 15 is 0 Å². The Morgan fingerprint density at radius 1 is 1.45 bits per heavy atom. The van der Waals surface area contributed by atoms with Gasteiger partial charge in [0.15, 0.2) is 0 Å². The zero-order valence-electron chi connectivity index (χ0n) is 7.77. The van der Waals surface area contributed by atoms with E-state index in [2.05, 4.69) is 20.4 Å². The van der Waals surface area contributed by atoms with Crippen LogP contribution in [0.15, 0.2) is 12.7 Å². The van der Waals surface area contributed by atoms with Crippen LogP contribution in [0.3, 0.4) is 0 Å². The second kappa shape index (κ2) is 5.36. The molecule has 0 aromatic rings. The minimum atomic E-state index is 0.122. The van der Waals surface area contributed by atoms with E-state index in [9.17, 15) is 5.11 Å². The summed E-state index contributed by atoms with van der Waals surface area (Å²) < 4.78 is 0. The van der Waals surface area contributed by atoms with E-state index in [1.54, 1.807) is 0 Å². The van der Waals surface area contributed by atoms with E-state index in [-0.39, 0.29) is 5.41 Å². The van der Waals surface area contributed by atoms with E-state index in [0.717, 1.165) is 25.7 Å². The van der Waals surface area contributed by atoms with E-state index in [1.165, 1.54) is 0 Å². The van der Waals surface area contributed by atoms with Crippen molar-refractivity contribution in [3.8, 4) is 0 Å². The van der Waals surface area contributed by atoms with Crippen LogP contribution in [0.4, 0.5) is 0 Å². The predicted molar refractivity (Wildman–Crippen MR) is 49.5 cm³/mol. The Balaban J connectivity index is 4.06. The summed E-state index contributed by atoms with van der Waals surface area (Å²) in [5.41, 5.74) is 0.122. The van der Waals surface area contributed by atoms with Gasteiger partial charge < -0.3 is 5.11 Å². The molecule has 1 heteroatoms. The molecule has 0 aromatic carbocycles.